The van der Waals surface area contributed by atoms with Gasteiger partial charge in [-0.2, -0.15) is 0 Å². The molecule has 1 aromatic carbocycles. The SMILES string of the molecule is COCc1cc(C(=O)NC(C)(C(=O)O)c2ccc(Cl)c(Cl)c2)no1. The molecule has 0 aliphatic heterocycles. The van der Waals surface area contributed by atoms with Gasteiger partial charge in [-0.25, -0.2) is 4.79 Å². The zero-order valence-electron chi connectivity index (χ0n) is 12.8. The number of methoxy groups -OCH3 is 1. The van der Waals surface area contributed by atoms with Crippen molar-refractivity contribution in [2.45, 2.75) is 19.1 Å². The Labute approximate surface area is 147 Å². The summed E-state index contributed by atoms with van der Waals surface area (Å²) in [5, 5.41) is 16.1. The van der Waals surface area contributed by atoms with Crippen LogP contribution in [0.1, 0.15) is 28.7 Å². The summed E-state index contributed by atoms with van der Waals surface area (Å²) in [6, 6.07) is 5.69. The summed E-state index contributed by atoms with van der Waals surface area (Å²) in [5.74, 6) is -1.64. The molecule has 1 amide bonds. The van der Waals surface area contributed by atoms with Crippen LogP contribution in [0.5, 0.6) is 0 Å². The van der Waals surface area contributed by atoms with Crippen LogP contribution >= 0.6 is 23.2 Å². The van der Waals surface area contributed by atoms with Crippen molar-refractivity contribution in [3.8, 4) is 0 Å². The number of hydrogen-bond acceptors (Lipinski definition) is 5. The monoisotopic (exact) mass is 372 g/mol. The number of hydrogen-bond donors (Lipinski definition) is 2. The van der Waals surface area contributed by atoms with E-state index in [1.54, 1.807) is 0 Å². The number of carbonyl (C=O) groups excluding carboxylic acids is 1. The van der Waals surface area contributed by atoms with Crippen molar-refractivity contribution < 1.29 is 24.0 Å². The van der Waals surface area contributed by atoms with Crippen molar-refractivity contribution in [3.05, 3.63) is 51.3 Å². The zero-order chi connectivity index (χ0) is 17.9. The van der Waals surface area contributed by atoms with E-state index in [9.17, 15) is 14.7 Å². The third-order valence-corrected chi connectivity index (χ3v) is 4.11. The van der Waals surface area contributed by atoms with Crippen molar-refractivity contribution in [1.82, 2.24) is 10.5 Å². The lowest BCUT2D eigenvalue weighted by Gasteiger charge is -2.26. The number of nitrogens with one attached hydrogen (secondary N) is 1. The van der Waals surface area contributed by atoms with E-state index in [2.05, 4.69) is 10.5 Å². The first-order valence-electron chi connectivity index (χ1n) is 6.74. The predicted octanol–water partition coefficient (Wildman–Crippen LogP) is 2.86. The Bertz CT molecular complexity index is 777. The molecule has 2 aromatic rings. The van der Waals surface area contributed by atoms with E-state index in [1.807, 2.05) is 0 Å². The minimum Gasteiger partial charge on any atom is -0.479 e. The minimum atomic E-state index is -1.73. The molecule has 2 N–H and O–H groups in total. The van der Waals surface area contributed by atoms with Gasteiger partial charge in [0, 0.05) is 13.2 Å². The van der Waals surface area contributed by atoms with Crippen LogP contribution in [0.3, 0.4) is 0 Å². The smallest absolute Gasteiger partial charge is 0.333 e. The van der Waals surface area contributed by atoms with Gasteiger partial charge in [0.1, 0.15) is 6.61 Å². The number of carbonyl (C=O) groups is 2. The maximum atomic E-state index is 12.3. The first-order chi connectivity index (χ1) is 11.3. The standard InChI is InChI=1S/C15H14Cl2N2O5/c1-15(14(21)22,8-3-4-10(16)11(17)5-8)18-13(20)12-6-9(7-23-2)24-19-12/h3-6H,7H2,1-2H3,(H,18,20)(H,21,22). The highest BCUT2D eigenvalue weighted by Crippen LogP contribution is 2.29. The van der Waals surface area contributed by atoms with Gasteiger partial charge in [-0.3, -0.25) is 4.79 Å². The topological polar surface area (TPSA) is 102 Å². The first-order valence-corrected chi connectivity index (χ1v) is 7.49. The number of aromatic nitrogens is 1. The summed E-state index contributed by atoms with van der Waals surface area (Å²) in [6.45, 7) is 1.48. The van der Waals surface area contributed by atoms with Gasteiger partial charge in [0.05, 0.1) is 10.0 Å². The van der Waals surface area contributed by atoms with Crippen LogP contribution < -0.4 is 5.32 Å². The molecular formula is C15H14Cl2N2O5. The Morgan fingerprint density at radius 3 is 2.62 bits per heavy atom. The Morgan fingerprint density at radius 2 is 2.04 bits per heavy atom. The number of ether oxygens (including phenoxy) is 1. The van der Waals surface area contributed by atoms with Crippen LogP contribution in [0.25, 0.3) is 0 Å². The molecule has 7 nitrogen and oxygen atoms in total. The maximum absolute atomic E-state index is 12.3. The molecule has 128 valence electrons. The molecule has 0 spiro atoms. The Balaban J connectivity index is 2.31. The van der Waals surface area contributed by atoms with Crippen molar-refractivity contribution in [2.24, 2.45) is 0 Å². The Morgan fingerprint density at radius 1 is 1.33 bits per heavy atom. The summed E-state index contributed by atoms with van der Waals surface area (Å²) < 4.78 is 9.79. The second kappa shape index (κ2) is 7.21. The summed E-state index contributed by atoms with van der Waals surface area (Å²) >= 11 is 11.8. The number of nitrogens with zero attached hydrogens (tertiary/aromatic N) is 1. The third-order valence-electron chi connectivity index (χ3n) is 3.37. The van der Waals surface area contributed by atoms with E-state index < -0.39 is 17.4 Å². The fraction of sp³-hybridized carbons (Fsp3) is 0.267. The average molecular weight is 373 g/mol. The van der Waals surface area contributed by atoms with Crippen molar-refractivity contribution >= 4 is 35.1 Å². The number of carboxylic acids is 1. The van der Waals surface area contributed by atoms with Crippen LogP contribution in [0.4, 0.5) is 0 Å². The molecule has 0 fully saturated rings. The van der Waals surface area contributed by atoms with E-state index in [0.717, 1.165) is 0 Å². The molecule has 1 atom stereocenters. The Hall–Kier alpha value is -2.09. The molecule has 0 aliphatic carbocycles. The van der Waals surface area contributed by atoms with Crippen molar-refractivity contribution in [2.75, 3.05) is 7.11 Å². The first kappa shape index (κ1) is 18.3. The fourth-order valence-corrected chi connectivity index (χ4v) is 2.28. The number of carboxylic acid groups (broad SMARTS) is 1. The van der Waals surface area contributed by atoms with Gasteiger partial charge >= 0.3 is 5.97 Å². The molecular weight excluding hydrogens is 359 g/mol. The Kier molecular flexibility index (Phi) is 5.48. The second-order valence-electron chi connectivity index (χ2n) is 5.12. The summed E-state index contributed by atoms with van der Waals surface area (Å²) in [6.07, 6.45) is 0. The van der Waals surface area contributed by atoms with Crippen LogP contribution in [-0.4, -0.2) is 29.2 Å². The summed E-state index contributed by atoms with van der Waals surface area (Å²) in [5.41, 5.74) is -1.53. The highest BCUT2D eigenvalue weighted by atomic mass is 35.5. The molecule has 9 heteroatoms. The number of benzene rings is 1. The van der Waals surface area contributed by atoms with E-state index >= 15 is 0 Å². The molecule has 0 bridgehead atoms. The van der Waals surface area contributed by atoms with Gasteiger partial charge < -0.3 is 19.7 Å². The van der Waals surface area contributed by atoms with Crippen molar-refractivity contribution in [1.29, 1.82) is 0 Å². The quantitative estimate of drug-likeness (QED) is 0.808. The van der Waals surface area contributed by atoms with Gasteiger partial charge in [0.15, 0.2) is 17.0 Å². The fourth-order valence-electron chi connectivity index (χ4n) is 1.98. The molecule has 1 heterocycles. The van der Waals surface area contributed by atoms with Gasteiger partial charge in [-0.1, -0.05) is 34.4 Å². The number of rotatable bonds is 6. The number of halogens is 2. The number of amides is 1. The number of aliphatic carboxylic acids is 1. The lowest BCUT2D eigenvalue weighted by molar-refractivity contribution is -0.144. The van der Waals surface area contributed by atoms with Crippen LogP contribution in [0.15, 0.2) is 28.8 Å². The second-order valence-corrected chi connectivity index (χ2v) is 5.94. The normalized spacial score (nSPS) is 13.3. The largest absolute Gasteiger partial charge is 0.479 e. The van der Waals surface area contributed by atoms with Crippen LogP contribution in [0, 0.1) is 0 Å². The van der Waals surface area contributed by atoms with E-state index in [-0.39, 0.29) is 27.9 Å². The maximum Gasteiger partial charge on any atom is 0.333 e. The van der Waals surface area contributed by atoms with Crippen LogP contribution in [0.2, 0.25) is 10.0 Å². The minimum absolute atomic E-state index is 0.0606. The van der Waals surface area contributed by atoms with Gasteiger partial charge in [-0.15, -0.1) is 0 Å². The van der Waals surface area contributed by atoms with Gasteiger partial charge in [0.2, 0.25) is 0 Å². The summed E-state index contributed by atoms with van der Waals surface area (Å²) in [4.78, 5) is 24.0. The van der Waals surface area contributed by atoms with Crippen molar-refractivity contribution in [3.63, 3.8) is 0 Å². The summed E-state index contributed by atoms with van der Waals surface area (Å²) in [7, 11) is 1.47. The van der Waals surface area contributed by atoms with Gasteiger partial charge in [0.25, 0.3) is 5.91 Å². The average Bonchev–Trinajstić information content (AvgIpc) is 2.99. The third kappa shape index (κ3) is 3.69. The molecule has 2 rings (SSSR count). The molecule has 1 aromatic heterocycles. The molecule has 1 unspecified atom stereocenters. The molecule has 0 saturated heterocycles. The molecule has 0 radical (unpaired) electrons. The van der Waals surface area contributed by atoms with E-state index in [4.69, 9.17) is 32.5 Å². The lowest BCUT2D eigenvalue weighted by atomic mass is 9.92. The van der Waals surface area contributed by atoms with Crippen LogP contribution in [-0.2, 0) is 21.7 Å². The zero-order valence-corrected chi connectivity index (χ0v) is 14.3. The molecule has 0 saturated carbocycles. The van der Waals surface area contributed by atoms with E-state index in [1.165, 1.54) is 38.3 Å². The van der Waals surface area contributed by atoms with E-state index in [0.29, 0.717) is 5.76 Å². The predicted molar refractivity (Wildman–Crippen MR) is 86.1 cm³/mol. The highest BCUT2D eigenvalue weighted by molar-refractivity contribution is 6.42. The highest BCUT2D eigenvalue weighted by Gasteiger charge is 2.38. The molecule has 0 aliphatic rings. The lowest BCUT2D eigenvalue weighted by Crippen LogP contribution is -2.49. The molecule has 24 heavy (non-hydrogen) atoms. The van der Waals surface area contributed by atoms with Gasteiger partial charge in [-0.05, 0) is 24.6 Å².